The number of nitrogens with one attached hydrogen (secondary N) is 2. The number of hydrogen-bond donors (Lipinski definition) is 2. The Morgan fingerprint density at radius 1 is 1.25 bits per heavy atom. The van der Waals surface area contributed by atoms with Gasteiger partial charge in [-0.1, -0.05) is 29.4 Å². The fourth-order valence-corrected chi connectivity index (χ4v) is 2.36. The van der Waals surface area contributed by atoms with Crippen molar-refractivity contribution in [2.45, 2.75) is 13.0 Å². The van der Waals surface area contributed by atoms with Crippen LogP contribution < -0.4 is 5.32 Å². The fraction of sp³-hybridized carbons (Fsp3) is 0.167. The number of carbonyl (C=O) groups excluding carboxylic acids is 1. The maximum absolute atomic E-state index is 12.4. The molecule has 122 valence electrons. The first-order valence-electron chi connectivity index (χ1n) is 7.59. The first-order valence-corrected chi connectivity index (χ1v) is 7.59. The van der Waals surface area contributed by atoms with Gasteiger partial charge in [-0.25, -0.2) is 4.98 Å². The summed E-state index contributed by atoms with van der Waals surface area (Å²) in [5, 5.41) is 6.63. The monoisotopic (exact) mass is 322 g/mol. The molecule has 0 radical (unpaired) electrons. The third kappa shape index (κ3) is 3.43. The average molecular weight is 322 g/mol. The highest BCUT2D eigenvalue weighted by Crippen LogP contribution is 2.16. The average Bonchev–Trinajstić information content (AvgIpc) is 3.04. The van der Waals surface area contributed by atoms with Crippen molar-refractivity contribution in [1.82, 2.24) is 15.3 Å². The zero-order chi connectivity index (χ0) is 16.9. The van der Waals surface area contributed by atoms with Crippen molar-refractivity contribution < 1.29 is 9.63 Å². The predicted molar refractivity (Wildman–Crippen MR) is 93.0 cm³/mol. The van der Waals surface area contributed by atoms with Crippen LogP contribution in [0.1, 0.15) is 34.7 Å². The van der Waals surface area contributed by atoms with Gasteiger partial charge in [0.05, 0.1) is 23.3 Å². The number of fused-ring (bicyclic) bond motifs is 1. The number of oxime groups is 1. The van der Waals surface area contributed by atoms with Crippen molar-refractivity contribution in [3.8, 4) is 0 Å². The van der Waals surface area contributed by atoms with Crippen LogP contribution in [0.3, 0.4) is 0 Å². The van der Waals surface area contributed by atoms with Crippen molar-refractivity contribution in [2.75, 3.05) is 7.11 Å². The summed E-state index contributed by atoms with van der Waals surface area (Å²) in [6.07, 6.45) is 1.58. The third-order valence-electron chi connectivity index (χ3n) is 3.65. The minimum absolute atomic E-state index is 0.154. The molecule has 0 saturated carbocycles. The largest absolute Gasteiger partial charge is 0.399 e. The van der Waals surface area contributed by atoms with Crippen molar-refractivity contribution in [3.05, 3.63) is 65.5 Å². The number of imidazole rings is 1. The number of carbonyl (C=O) groups is 1. The van der Waals surface area contributed by atoms with E-state index in [9.17, 15) is 4.79 Å². The Labute approximate surface area is 139 Å². The molecule has 0 spiro atoms. The molecule has 0 fully saturated rings. The molecule has 1 aromatic heterocycles. The van der Waals surface area contributed by atoms with E-state index in [1.165, 1.54) is 7.11 Å². The second-order valence-corrected chi connectivity index (χ2v) is 5.37. The van der Waals surface area contributed by atoms with Gasteiger partial charge in [-0.05, 0) is 36.8 Å². The van der Waals surface area contributed by atoms with E-state index in [1.54, 1.807) is 18.3 Å². The highest BCUT2D eigenvalue weighted by Gasteiger charge is 2.14. The summed E-state index contributed by atoms with van der Waals surface area (Å²) >= 11 is 0. The number of para-hydroxylation sites is 2. The summed E-state index contributed by atoms with van der Waals surface area (Å²) in [5.74, 6) is 0.576. The van der Waals surface area contributed by atoms with Crippen molar-refractivity contribution in [1.29, 1.82) is 0 Å². The SMILES string of the molecule is CO/N=C/c1ccc(C(=O)NC(C)c2nc3ccccc3[nH]2)cc1. The van der Waals surface area contributed by atoms with Crippen LogP contribution in [0.4, 0.5) is 0 Å². The van der Waals surface area contributed by atoms with Gasteiger partial charge < -0.3 is 15.1 Å². The molecular weight excluding hydrogens is 304 g/mol. The smallest absolute Gasteiger partial charge is 0.251 e. The molecule has 1 amide bonds. The Balaban J connectivity index is 1.70. The Kier molecular flexibility index (Phi) is 4.56. The van der Waals surface area contributed by atoms with Gasteiger partial charge in [0.2, 0.25) is 0 Å². The highest BCUT2D eigenvalue weighted by molar-refractivity contribution is 5.95. The van der Waals surface area contributed by atoms with E-state index >= 15 is 0 Å². The number of amides is 1. The van der Waals surface area contributed by atoms with Gasteiger partial charge in [0, 0.05) is 5.56 Å². The van der Waals surface area contributed by atoms with Crippen LogP contribution in [-0.4, -0.2) is 29.2 Å². The van der Waals surface area contributed by atoms with E-state index in [0.717, 1.165) is 22.4 Å². The molecule has 0 aliphatic carbocycles. The minimum atomic E-state index is -0.223. The second kappa shape index (κ2) is 6.95. The quantitative estimate of drug-likeness (QED) is 0.560. The summed E-state index contributed by atoms with van der Waals surface area (Å²) in [7, 11) is 1.48. The van der Waals surface area contributed by atoms with Gasteiger partial charge in [0.1, 0.15) is 12.9 Å². The lowest BCUT2D eigenvalue weighted by molar-refractivity contribution is 0.0938. The normalized spacial score (nSPS) is 12.4. The minimum Gasteiger partial charge on any atom is -0.399 e. The van der Waals surface area contributed by atoms with Crippen molar-refractivity contribution in [2.24, 2.45) is 5.16 Å². The molecule has 6 heteroatoms. The molecule has 2 N–H and O–H groups in total. The third-order valence-corrected chi connectivity index (χ3v) is 3.65. The van der Waals surface area contributed by atoms with Crippen molar-refractivity contribution in [3.63, 3.8) is 0 Å². The van der Waals surface area contributed by atoms with Crippen LogP contribution in [-0.2, 0) is 4.84 Å². The molecule has 2 aromatic carbocycles. The van der Waals surface area contributed by atoms with Gasteiger partial charge in [-0.3, -0.25) is 4.79 Å². The van der Waals surface area contributed by atoms with Crippen LogP contribution in [0.25, 0.3) is 11.0 Å². The lowest BCUT2D eigenvalue weighted by Crippen LogP contribution is -2.27. The number of aromatic nitrogens is 2. The van der Waals surface area contributed by atoms with Crippen LogP contribution in [0.5, 0.6) is 0 Å². The maximum atomic E-state index is 12.4. The summed E-state index contributed by atoms with van der Waals surface area (Å²) in [6.45, 7) is 1.90. The molecular formula is C18H18N4O2. The topological polar surface area (TPSA) is 79.4 Å². The zero-order valence-corrected chi connectivity index (χ0v) is 13.5. The number of aromatic amines is 1. The maximum Gasteiger partial charge on any atom is 0.251 e. The molecule has 0 bridgehead atoms. The molecule has 0 aliphatic rings. The molecule has 1 atom stereocenters. The molecule has 6 nitrogen and oxygen atoms in total. The van der Waals surface area contributed by atoms with Crippen LogP contribution in [0.15, 0.2) is 53.7 Å². The fourth-order valence-electron chi connectivity index (χ4n) is 2.36. The van der Waals surface area contributed by atoms with Crippen LogP contribution in [0.2, 0.25) is 0 Å². The zero-order valence-electron chi connectivity index (χ0n) is 13.5. The number of nitrogens with zero attached hydrogens (tertiary/aromatic N) is 2. The number of hydrogen-bond acceptors (Lipinski definition) is 4. The van der Waals surface area contributed by atoms with Crippen molar-refractivity contribution >= 4 is 23.2 Å². The predicted octanol–water partition coefficient (Wildman–Crippen LogP) is 3.03. The first kappa shape index (κ1) is 15.7. The lowest BCUT2D eigenvalue weighted by Gasteiger charge is -2.11. The van der Waals surface area contributed by atoms with Gasteiger partial charge >= 0.3 is 0 Å². The van der Waals surface area contributed by atoms with Gasteiger partial charge in [0.15, 0.2) is 0 Å². The Morgan fingerprint density at radius 2 is 2.00 bits per heavy atom. The molecule has 0 saturated heterocycles. The van der Waals surface area contributed by atoms with E-state index in [-0.39, 0.29) is 11.9 Å². The first-order chi connectivity index (χ1) is 11.7. The molecule has 3 rings (SSSR count). The van der Waals surface area contributed by atoms with E-state index in [1.807, 2.05) is 43.3 Å². The summed E-state index contributed by atoms with van der Waals surface area (Å²) in [4.78, 5) is 24.7. The summed E-state index contributed by atoms with van der Waals surface area (Å²) in [6, 6.07) is 14.7. The van der Waals surface area contributed by atoms with Gasteiger partial charge in [-0.2, -0.15) is 0 Å². The number of benzene rings is 2. The standard InChI is InChI=1S/C18H18N4O2/c1-12(17-21-15-5-3-4-6-16(15)22-17)20-18(23)14-9-7-13(8-10-14)11-19-24-2/h3-12H,1-2H3,(H,20,23)(H,21,22)/b19-11+. The van der Waals surface area contributed by atoms with Gasteiger partial charge in [-0.15, -0.1) is 0 Å². The number of H-pyrrole nitrogens is 1. The lowest BCUT2D eigenvalue weighted by atomic mass is 10.1. The number of rotatable bonds is 5. The van der Waals surface area contributed by atoms with E-state index in [4.69, 9.17) is 0 Å². The molecule has 24 heavy (non-hydrogen) atoms. The van der Waals surface area contributed by atoms with E-state index in [2.05, 4.69) is 25.3 Å². The summed E-state index contributed by atoms with van der Waals surface area (Å²) < 4.78 is 0. The van der Waals surface area contributed by atoms with Crippen LogP contribution in [0, 0.1) is 0 Å². The second-order valence-electron chi connectivity index (χ2n) is 5.37. The van der Waals surface area contributed by atoms with E-state index < -0.39 is 0 Å². The Hall–Kier alpha value is -3.15. The molecule has 3 aromatic rings. The van der Waals surface area contributed by atoms with Gasteiger partial charge in [0.25, 0.3) is 5.91 Å². The molecule has 0 aliphatic heterocycles. The molecule has 1 heterocycles. The Bertz CT molecular complexity index is 835. The summed E-state index contributed by atoms with van der Waals surface area (Å²) in [5.41, 5.74) is 3.28. The van der Waals surface area contributed by atoms with Crippen LogP contribution >= 0.6 is 0 Å². The highest BCUT2D eigenvalue weighted by atomic mass is 16.6. The Morgan fingerprint density at radius 3 is 2.71 bits per heavy atom. The van der Waals surface area contributed by atoms with E-state index in [0.29, 0.717) is 5.56 Å². The molecule has 1 unspecified atom stereocenters.